The molecule has 1 atom stereocenters. The second kappa shape index (κ2) is 6.12. The van der Waals surface area contributed by atoms with Gasteiger partial charge in [0.1, 0.15) is 5.82 Å². The molecule has 3 heteroatoms. The molecule has 0 saturated carbocycles. The van der Waals surface area contributed by atoms with Crippen molar-refractivity contribution in [2.75, 3.05) is 13.2 Å². The summed E-state index contributed by atoms with van der Waals surface area (Å²) < 4.78 is 19.3. The van der Waals surface area contributed by atoms with E-state index in [4.69, 9.17) is 4.74 Å². The summed E-state index contributed by atoms with van der Waals surface area (Å²) in [6, 6.07) is 6.78. The van der Waals surface area contributed by atoms with Crippen LogP contribution < -0.4 is 5.32 Å². The Labute approximate surface area is 103 Å². The minimum Gasteiger partial charge on any atom is -0.372 e. The maximum atomic E-state index is 13.7. The van der Waals surface area contributed by atoms with Crippen LogP contribution in [0.15, 0.2) is 24.3 Å². The number of nitrogens with one attached hydrogen (secondary N) is 1. The van der Waals surface area contributed by atoms with Gasteiger partial charge in [-0.15, -0.1) is 0 Å². The van der Waals surface area contributed by atoms with Crippen LogP contribution in [0, 0.1) is 5.82 Å². The van der Waals surface area contributed by atoms with Crippen LogP contribution in [-0.2, 0) is 4.74 Å². The molecule has 0 aromatic heterocycles. The predicted octanol–water partition coefficient (Wildman–Crippen LogP) is 3.29. The molecule has 1 rings (SSSR count). The van der Waals surface area contributed by atoms with Crippen molar-refractivity contribution in [2.45, 2.75) is 39.3 Å². The van der Waals surface area contributed by atoms with Gasteiger partial charge in [-0.05, 0) is 33.8 Å². The fraction of sp³-hybridized carbons (Fsp3) is 0.571. The van der Waals surface area contributed by atoms with Crippen LogP contribution in [0.2, 0.25) is 0 Å². The van der Waals surface area contributed by atoms with Crippen molar-refractivity contribution in [1.82, 2.24) is 5.32 Å². The van der Waals surface area contributed by atoms with E-state index in [1.807, 2.05) is 13.0 Å². The average Bonchev–Trinajstić information content (AvgIpc) is 2.24. The lowest BCUT2D eigenvalue weighted by atomic mass is 10.1. The fourth-order valence-corrected chi connectivity index (χ4v) is 1.59. The molecule has 1 aromatic carbocycles. The first-order valence-electron chi connectivity index (χ1n) is 6.05. The first-order valence-corrected chi connectivity index (χ1v) is 6.05. The van der Waals surface area contributed by atoms with Crippen LogP contribution >= 0.6 is 0 Å². The van der Waals surface area contributed by atoms with Gasteiger partial charge in [-0.2, -0.15) is 0 Å². The molecule has 0 saturated heterocycles. The molecule has 0 aliphatic heterocycles. The van der Waals surface area contributed by atoms with Crippen LogP contribution in [0.1, 0.15) is 39.4 Å². The highest BCUT2D eigenvalue weighted by molar-refractivity contribution is 5.20. The van der Waals surface area contributed by atoms with E-state index in [0.29, 0.717) is 18.7 Å². The lowest BCUT2D eigenvalue weighted by molar-refractivity contribution is 0.0552. The molecule has 96 valence electrons. The number of ether oxygens (including phenoxy) is 1. The normalized spacial score (nSPS) is 13.7. The maximum absolute atomic E-state index is 13.7. The van der Waals surface area contributed by atoms with E-state index in [2.05, 4.69) is 26.1 Å². The number of halogens is 1. The zero-order valence-electron chi connectivity index (χ0n) is 11.1. The van der Waals surface area contributed by atoms with Gasteiger partial charge in [0.25, 0.3) is 0 Å². The van der Waals surface area contributed by atoms with E-state index >= 15 is 0 Å². The molecule has 0 aliphatic rings. The molecule has 0 heterocycles. The third-order valence-electron chi connectivity index (χ3n) is 2.44. The molecule has 1 aromatic rings. The Morgan fingerprint density at radius 1 is 1.29 bits per heavy atom. The first kappa shape index (κ1) is 14.1. The van der Waals surface area contributed by atoms with Gasteiger partial charge in [-0.1, -0.05) is 18.2 Å². The number of hydrogen-bond acceptors (Lipinski definition) is 2. The van der Waals surface area contributed by atoms with Gasteiger partial charge < -0.3 is 10.1 Å². The van der Waals surface area contributed by atoms with Crippen molar-refractivity contribution in [3.05, 3.63) is 35.6 Å². The molecular weight excluding hydrogens is 217 g/mol. The Balaban J connectivity index is 2.75. The van der Waals surface area contributed by atoms with Gasteiger partial charge >= 0.3 is 0 Å². The SMILES string of the molecule is CCOC(CNC(C)(C)C)c1ccccc1F. The summed E-state index contributed by atoms with van der Waals surface area (Å²) >= 11 is 0. The van der Waals surface area contributed by atoms with Crippen LogP contribution in [0.4, 0.5) is 4.39 Å². The van der Waals surface area contributed by atoms with Crippen molar-refractivity contribution >= 4 is 0 Å². The zero-order chi connectivity index (χ0) is 12.9. The summed E-state index contributed by atoms with van der Waals surface area (Å²) in [4.78, 5) is 0. The second-order valence-electron chi connectivity index (χ2n) is 5.10. The van der Waals surface area contributed by atoms with Crippen LogP contribution in [0.25, 0.3) is 0 Å². The van der Waals surface area contributed by atoms with Crippen molar-refractivity contribution in [3.63, 3.8) is 0 Å². The van der Waals surface area contributed by atoms with Gasteiger partial charge in [0.05, 0.1) is 6.10 Å². The number of rotatable bonds is 5. The zero-order valence-corrected chi connectivity index (χ0v) is 11.1. The number of benzene rings is 1. The molecule has 0 radical (unpaired) electrons. The quantitative estimate of drug-likeness (QED) is 0.851. The van der Waals surface area contributed by atoms with Crippen LogP contribution in [-0.4, -0.2) is 18.7 Å². The maximum Gasteiger partial charge on any atom is 0.129 e. The molecule has 17 heavy (non-hydrogen) atoms. The Hall–Kier alpha value is -0.930. The predicted molar refractivity (Wildman–Crippen MR) is 68.5 cm³/mol. The van der Waals surface area contributed by atoms with Crippen molar-refractivity contribution < 1.29 is 9.13 Å². The monoisotopic (exact) mass is 239 g/mol. The molecule has 1 unspecified atom stereocenters. The molecular formula is C14H22FNO. The Bertz CT molecular complexity index is 346. The van der Waals surface area contributed by atoms with E-state index in [1.165, 1.54) is 6.07 Å². The van der Waals surface area contributed by atoms with E-state index in [-0.39, 0.29) is 17.5 Å². The molecule has 1 N–H and O–H groups in total. The summed E-state index contributed by atoms with van der Waals surface area (Å²) in [5.74, 6) is -0.207. The third kappa shape index (κ3) is 4.84. The highest BCUT2D eigenvalue weighted by atomic mass is 19.1. The van der Waals surface area contributed by atoms with E-state index in [0.717, 1.165) is 0 Å². The van der Waals surface area contributed by atoms with Crippen LogP contribution in [0.3, 0.4) is 0 Å². The van der Waals surface area contributed by atoms with Gasteiger partial charge in [0.15, 0.2) is 0 Å². The lowest BCUT2D eigenvalue weighted by Gasteiger charge is -2.25. The third-order valence-corrected chi connectivity index (χ3v) is 2.44. The second-order valence-corrected chi connectivity index (χ2v) is 5.10. The van der Waals surface area contributed by atoms with Crippen LogP contribution in [0.5, 0.6) is 0 Å². The van der Waals surface area contributed by atoms with E-state index in [9.17, 15) is 4.39 Å². The first-order chi connectivity index (χ1) is 7.94. The summed E-state index contributed by atoms with van der Waals surface area (Å²) in [7, 11) is 0. The Morgan fingerprint density at radius 2 is 1.94 bits per heavy atom. The van der Waals surface area contributed by atoms with Gasteiger partial charge in [-0.3, -0.25) is 0 Å². The molecule has 0 fully saturated rings. The summed E-state index contributed by atoms with van der Waals surface area (Å²) in [6.45, 7) is 9.35. The fourth-order valence-electron chi connectivity index (χ4n) is 1.59. The number of hydrogen-bond donors (Lipinski definition) is 1. The van der Waals surface area contributed by atoms with E-state index in [1.54, 1.807) is 12.1 Å². The Kier molecular flexibility index (Phi) is 5.09. The van der Waals surface area contributed by atoms with E-state index < -0.39 is 0 Å². The summed E-state index contributed by atoms with van der Waals surface area (Å²) in [5.41, 5.74) is 0.617. The van der Waals surface area contributed by atoms with Gasteiger partial charge in [-0.25, -0.2) is 4.39 Å². The summed E-state index contributed by atoms with van der Waals surface area (Å²) in [6.07, 6.45) is -0.236. The topological polar surface area (TPSA) is 21.3 Å². The minimum absolute atomic E-state index is 0.000603. The highest BCUT2D eigenvalue weighted by Crippen LogP contribution is 2.20. The van der Waals surface area contributed by atoms with Gasteiger partial charge in [0.2, 0.25) is 0 Å². The lowest BCUT2D eigenvalue weighted by Crippen LogP contribution is -2.39. The largest absolute Gasteiger partial charge is 0.372 e. The van der Waals surface area contributed by atoms with Gasteiger partial charge in [0, 0.05) is 24.3 Å². The summed E-state index contributed by atoms with van der Waals surface area (Å²) in [5, 5.41) is 3.34. The smallest absolute Gasteiger partial charge is 0.129 e. The van der Waals surface area contributed by atoms with Crippen molar-refractivity contribution in [3.8, 4) is 0 Å². The molecule has 0 aliphatic carbocycles. The molecule has 2 nitrogen and oxygen atoms in total. The standard InChI is InChI=1S/C14H22FNO/c1-5-17-13(10-16-14(2,3)4)11-8-6-7-9-12(11)15/h6-9,13,16H,5,10H2,1-4H3. The van der Waals surface area contributed by atoms with Crippen molar-refractivity contribution in [2.24, 2.45) is 0 Å². The minimum atomic E-state index is -0.236. The highest BCUT2D eigenvalue weighted by Gasteiger charge is 2.18. The Morgan fingerprint density at radius 3 is 2.47 bits per heavy atom. The molecule has 0 spiro atoms. The van der Waals surface area contributed by atoms with Crippen molar-refractivity contribution in [1.29, 1.82) is 0 Å². The molecule has 0 amide bonds. The average molecular weight is 239 g/mol. The molecule has 0 bridgehead atoms.